The van der Waals surface area contributed by atoms with Crippen LogP contribution in [-0.4, -0.2) is 18.9 Å². The number of aryl methyl sites for hydroxylation is 1. The molecule has 0 unspecified atom stereocenters. The second kappa shape index (κ2) is 3.78. The molecular formula is C7H8Li. The number of hydrogen-bond acceptors (Lipinski definition) is 0. The maximum absolute atomic E-state index is 2.08. The first-order valence-electron chi connectivity index (χ1n) is 2.41. The molecule has 8 heavy (non-hydrogen) atoms. The van der Waals surface area contributed by atoms with Crippen LogP contribution < -0.4 is 0 Å². The van der Waals surface area contributed by atoms with Crippen LogP contribution in [0.4, 0.5) is 0 Å². The molecule has 1 aromatic rings. The Morgan fingerprint density at radius 1 is 1.00 bits per heavy atom. The minimum absolute atomic E-state index is 0. The first-order chi connectivity index (χ1) is 3.39. The van der Waals surface area contributed by atoms with Crippen LogP contribution in [0.25, 0.3) is 0 Å². The first kappa shape index (κ1) is 7.82. The molecule has 0 bridgehead atoms. The van der Waals surface area contributed by atoms with Crippen molar-refractivity contribution in [3.05, 3.63) is 35.9 Å². The molecule has 0 saturated heterocycles. The molecule has 0 atom stereocenters. The summed E-state index contributed by atoms with van der Waals surface area (Å²) in [7, 11) is 0. The summed E-state index contributed by atoms with van der Waals surface area (Å²) in [6.07, 6.45) is 0. The molecule has 1 rings (SSSR count). The summed E-state index contributed by atoms with van der Waals surface area (Å²) in [5, 5.41) is 0. The summed E-state index contributed by atoms with van der Waals surface area (Å²) in [4.78, 5) is 0. The van der Waals surface area contributed by atoms with Crippen molar-refractivity contribution in [2.45, 2.75) is 6.92 Å². The van der Waals surface area contributed by atoms with Gasteiger partial charge in [-0.15, -0.1) is 0 Å². The molecule has 0 aromatic heterocycles. The topological polar surface area (TPSA) is 0 Å². The molecule has 0 heterocycles. The van der Waals surface area contributed by atoms with Gasteiger partial charge in [-0.2, -0.15) is 0 Å². The van der Waals surface area contributed by atoms with Crippen LogP contribution in [0.1, 0.15) is 5.56 Å². The van der Waals surface area contributed by atoms with E-state index in [9.17, 15) is 0 Å². The third-order valence-electron chi connectivity index (χ3n) is 0.940. The van der Waals surface area contributed by atoms with Gasteiger partial charge in [-0.1, -0.05) is 35.9 Å². The Hall–Kier alpha value is -0.183. The van der Waals surface area contributed by atoms with Gasteiger partial charge >= 0.3 is 0 Å². The summed E-state index contributed by atoms with van der Waals surface area (Å²) in [6, 6.07) is 10.3. The van der Waals surface area contributed by atoms with E-state index in [0.717, 1.165) is 0 Å². The minimum atomic E-state index is 0. The summed E-state index contributed by atoms with van der Waals surface area (Å²) in [5.41, 5.74) is 1.32. The Balaban J connectivity index is 0.000000490. The Bertz CT molecular complexity index is 134. The fourth-order valence-corrected chi connectivity index (χ4v) is 0.534. The van der Waals surface area contributed by atoms with Crippen LogP contribution in [0.15, 0.2) is 30.3 Å². The van der Waals surface area contributed by atoms with Gasteiger partial charge in [-0.05, 0) is 6.92 Å². The molecule has 37 valence electrons. The fraction of sp³-hybridized carbons (Fsp3) is 0.143. The van der Waals surface area contributed by atoms with Crippen molar-refractivity contribution >= 4 is 18.9 Å². The van der Waals surface area contributed by atoms with Crippen LogP contribution in [-0.2, 0) is 0 Å². The predicted molar refractivity (Wildman–Crippen MR) is 36.9 cm³/mol. The van der Waals surface area contributed by atoms with E-state index in [-0.39, 0.29) is 18.9 Å². The van der Waals surface area contributed by atoms with Crippen LogP contribution in [0.2, 0.25) is 0 Å². The van der Waals surface area contributed by atoms with Crippen LogP contribution in [0.3, 0.4) is 0 Å². The maximum Gasteiger partial charge on any atom is 0 e. The summed E-state index contributed by atoms with van der Waals surface area (Å²) in [5.74, 6) is 0. The fourth-order valence-electron chi connectivity index (χ4n) is 0.534. The molecule has 0 aliphatic heterocycles. The molecule has 0 spiro atoms. The van der Waals surface area contributed by atoms with Gasteiger partial charge in [0, 0.05) is 18.9 Å². The molecule has 0 nitrogen and oxygen atoms in total. The Morgan fingerprint density at radius 2 is 1.50 bits per heavy atom. The maximum atomic E-state index is 2.08. The average molecular weight is 99.1 g/mol. The summed E-state index contributed by atoms with van der Waals surface area (Å²) in [6.45, 7) is 2.08. The molecule has 0 aliphatic rings. The van der Waals surface area contributed by atoms with Crippen molar-refractivity contribution in [2.24, 2.45) is 0 Å². The van der Waals surface area contributed by atoms with Gasteiger partial charge in [0.15, 0.2) is 0 Å². The van der Waals surface area contributed by atoms with Crippen LogP contribution in [0.5, 0.6) is 0 Å². The average Bonchev–Trinajstić information content (AvgIpc) is 1.69. The van der Waals surface area contributed by atoms with Gasteiger partial charge in [0.1, 0.15) is 0 Å². The van der Waals surface area contributed by atoms with Gasteiger partial charge in [-0.25, -0.2) is 0 Å². The quantitative estimate of drug-likeness (QED) is 0.433. The van der Waals surface area contributed by atoms with E-state index >= 15 is 0 Å². The zero-order valence-corrected chi connectivity index (χ0v) is 5.39. The normalized spacial score (nSPS) is 7.62. The van der Waals surface area contributed by atoms with E-state index in [1.807, 2.05) is 18.2 Å². The van der Waals surface area contributed by atoms with E-state index in [2.05, 4.69) is 19.1 Å². The Kier molecular flexibility index (Phi) is 3.69. The van der Waals surface area contributed by atoms with Crippen molar-refractivity contribution in [2.75, 3.05) is 0 Å². The zero-order valence-electron chi connectivity index (χ0n) is 5.39. The third-order valence-corrected chi connectivity index (χ3v) is 0.940. The van der Waals surface area contributed by atoms with E-state index in [1.54, 1.807) is 0 Å². The SMILES string of the molecule is Cc1ccccc1.[Li]. The van der Waals surface area contributed by atoms with E-state index < -0.39 is 0 Å². The van der Waals surface area contributed by atoms with Crippen molar-refractivity contribution in [3.8, 4) is 0 Å². The molecule has 0 N–H and O–H groups in total. The molecule has 1 aromatic carbocycles. The number of hydrogen-bond donors (Lipinski definition) is 0. The van der Waals surface area contributed by atoms with Gasteiger partial charge in [-0.3, -0.25) is 0 Å². The van der Waals surface area contributed by atoms with Gasteiger partial charge in [0.2, 0.25) is 0 Å². The van der Waals surface area contributed by atoms with Gasteiger partial charge in [0.05, 0.1) is 0 Å². The standard InChI is InChI=1S/C7H8.Li/c1-7-5-3-2-4-6-7;/h2-6H,1H3;. The largest absolute Gasteiger partial charge is 0.0622 e. The molecule has 0 fully saturated rings. The zero-order chi connectivity index (χ0) is 5.11. The predicted octanol–water partition coefficient (Wildman–Crippen LogP) is 1.61. The summed E-state index contributed by atoms with van der Waals surface area (Å²) >= 11 is 0. The van der Waals surface area contributed by atoms with E-state index in [0.29, 0.717) is 0 Å². The van der Waals surface area contributed by atoms with Gasteiger partial charge < -0.3 is 0 Å². The molecular weight excluding hydrogens is 91.0 g/mol. The second-order valence-electron chi connectivity index (χ2n) is 1.65. The molecule has 0 aliphatic carbocycles. The molecule has 1 heteroatoms. The molecule has 0 amide bonds. The Morgan fingerprint density at radius 3 is 1.75 bits per heavy atom. The first-order valence-corrected chi connectivity index (χ1v) is 2.41. The Labute approximate surface area is 62.1 Å². The number of rotatable bonds is 0. The van der Waals surface area contributed by atoms with Crippen molar-refractivity contribution in [1.82, 2.24) is 0 Å². The van der Waals surface area contributed by atoms with E-state index in [4.69, 9.17) is 0 Å². The van der Waals surface area contributed by atoms with Gasteiger partial charge in [0.25, 0.3) is 0 Å². The van der Waals surface area contributed by atoms with Crippen LogP contribution >= 0.6 is 0 Å². The van der Waals surface area contributed by atoms with Crippen molar-refractivity contribution < 1.29 is 0 Å². The second-order valence-corrected chi connectivity index (χ2v) is 1.65. The number of benzene rings is 1. The minimum Gasteiger partial charge on any atom is -0.0622 e. The van der Waals surface area contributed by atoms with Crippen molar-refractivity contribution in [1.29, 1.82) is 0 Å². The molecule has 1 radical (unpaired) electrons. The monoisotopic (exact) mass is 99.1 g/mol. The van der Waals surface area contributed by atoms with E-state index in [1.165, 1.54) is 5.56 Å². The smallest absolute Gasteiger partial charge is 0 e. The molecule has 0 saturated carbocycles. The van der Waals surface area contributed by atoms with Crippen LogP contribution in [0, 0.1) is 6.92 Å². The van der Waals surface area contributed by atoms with Crippen molar-refractivity contribution in [3.63, 3.8) is 0 Å². The third kappa shape index (κ3) is 2.21. The summed E-state index contributed by atoms with van der Waals surface area (Å²) < 4.78 is 0.